The van der Waals surface area contributed by atoms with E-state index in [0.717, 1.165) is 0 Å². The van der Waals surface area contributed by atoms with Crippen molar-refractivity contribution >= 4 is 23.6 Å². The Hall–Kier alpha value is -3.61. The maximum Gasteiger partial charge on any atom is 0.338 e. The van der Waals surface area contributed by atoms with E-state index in [1.165, 1.54) is 4.90 Å². The molecule has 1 aliphatic heterocycles. The highest BCUT2D eigenvalue weighted by atomic mass is 16.5. The molecule has 0 spiro atoms. The molecule has 1 atom stereocenters. The molecule has 7 nitrogen and oxygen atoms in total. The highest BCUT2D eigenvalue weighted by Crippen LogP contribution is 2.31. The van der Waals surface area contributed by atoms with Gasteiger partial charge in [0.05, 0.1) is 18.2 Å². The molecule has 3 rings (SSSR count). The Balaban J connectivity index is 1.92. The lowest BCUT2D eigenvalue weighted by Crippen LogP contribution is -2.46. The van der Waals surface area contributed by atoms with Crippen molar-refractivity contribution in [2.45, 2.75) is 19.9 Å². The maximum absolute atomic E-state index is 12.6. The maximum atomic E-state index is 12.6. The molecular weight excluding hydrogens is 370 g/mol. The first-order valence-electron chi connectivity index (χ1n) is 9.30. The lowest BCUT2D eigenvalue weighted by atomic mass is 9.94. The van der Waals surface area contributed by atoms with Gasteiger partial charge in [0.1, 0.15) is 0 Å². The minimum atomic E-state index is -0.675. The fourth-order valence-corrected chi connectivity index (χ4v) is 3.15. The van der Waals surface area contributed by atoms with E-state index >= 15 is 0 Å². The van der Waals surface area contributed by atoms with Crippen LogP contribution in [0.1, 0.15) is 35.8 Å². The predicted molar refractivity (Wildman–Crippen MR) is 109 cm³/mol. The Kier molecular flexibility index (Phi) is 5.97. The number of carbonyl (C=O) groups is 3. The minimum Gasteiger partial charge on any atom is -0.463 e. The molecule has 0 fully saturated rings. The molecule has 0 saturated heterocycles. The van der Waals surface area contributed by atoms with Crippen LogP contribution in [-0.2, 0) is 9.53 Å². The summed E-state index contributed by atoms with van der Waals surface area (Å²) in [4.78, 5) is 38.7. The first-order valence-corrected chi connectivity index (χ1v) is 9.30. The van der Waals surface area contributed by atoms with Crippen LogP contribution >= 0.6 is 0 Å². The quantitative estimate of drug-likeness (QED) is 0.762. The van der Waals surface area contributed by atoms with Gasteiger partial charge in [-0.25, -0.2) is 9.59 Å². The lowest BCUT2D eigenvalue weighted by Gasteiger charge is -2.33. The molecule has 7 heteroatoms. The number of nitrogens with zero attached hydrogens (tertiary/aromatic N) is 1. The van der Waals surface area contributed by atoms with Gasteiger partial charge in [-0.15, -0.1) is 0 Å². The molecular formula is C22H23N3O4. The third-order valence-electron chi connectivity index (χ3n) is 4.76. The second kappa shape index (κ2) is 8.60. The van der Waals surface area contributed by atoms with E-state index in [2.05, 4.69) is 10.6 Å². The van der Waals surface area contributed by atoms with E-state index in [1.807, 2.05) is 6.07 Å². The van der Waals surface area contributed by atoms with Crippen LogP contribution in [0.25, 0.3) is 0 Å². The highest BCUT2D eigenvalue weighted by molar-refractivity contribution is 6.04. The Morgan fingerprint density at radius 1 is 1.14 bits per heavy atom. The van der Waals surface area contributed by atoms with Gasteiger partial charge in [0.2, 0.25) is 0 Å². The number of amides is 3. The highest BCUT2D eigenvalue weighted by Gasteiger charge is 2.35. The molecule has 29 heavy (non-hydrogen) atoms. The van der Waals surface area contributed by atoms with E-state index in [1.54, 1.807) is 69.4 Å². The number of esters is 1. The van der Waals surface area contributed by atoms with Gasteiger partial charge in [-0.05, 0) is 43.7 Å². The number of hydrogen-bond donors (Lipinski definition) is 2. The van der Waals surface area contributed by atoms with E-state index in [-0.39, 0.29) is 18.5 Å². The Labute approximate surface area is 169 Å². The SMILES string of the molecule is CCOC(=O)C1=C(C)N(C)C(=O)N[C@H]1c1cccc(NC(=O)c2ccccc2)c1. The van der Waals surface area contributed by atoms with Crippen LogP contribution < -0.4 is 10.6 Å². The molecule has 0 bridgehead atoms. The number of ether oxygens (including phenoxy) is 1. The van der Waals surface area contributed by atoms with E-state index in [0.29, 0.717) is 28.1 Å². The smallest absolute Gasteiger partial charge is 0.338 e. The second-order valence-electron chi connectivity index (χ2n) is 6.61. The largest absolute Gasteiger partial charge is 0.463 e. The van der Waals surface area contributed by atoms with Gasteiger partial charge in [-0.2, -0.15) is 0 Å². The lowest BCUT2D eigenvalue weighted by molar-refractivity contribution is -0.139. The second-order valence-corrected chi connectivity index (χ2v) is 6.61. The topological polar surface area (TPSA) is 87.7 Å². The normalized spacial score (nSPS) is 16.3. The summed E-state index contributed by atoms with van der Waals surface area (Å²) in [5, 5.41) is 5.67. The molecule has 2 aromatic rings. The van der Waals surface area contributed by atoms with E-state index in [4.69, 9.17) is 4.74 Å². The van der Waals surface area contributed by atoms with Crippen molar-refractivity contribution in [3.8, 4) is 0 Å². The molecule has 2 N–H and O–H groups in total. The molecule has 1 heterocycles. The van der Waals surface area contributed by atoms with Gasteiger partial charge >= 0.3 is 12.0 Å². The number of benzene rings is 2. The fraction of sp³-hybridized carbons (Fsp3) is 0.227. The first kappa shape index (κ1) is 20.1. The van der Waals surface area contributed by atoms with Gasteiger partial charge in [0.15, 0.2) is 0 Å². The predicted octanol–water partition coefficient (Wildman–Crippen LogP) is 3.47. The van der Waals surface area contributed by atoms with Crippen LogP contribution in [0.3, 0.4) is 0 Å². The zero-order valence-electron chi connectivity index (χ0n) is 16.6. The van der Waals surface area contributed by atoms with Crippen molar-refractivity contribution in [1.82, 2.24) is 10.2 Å². The molecule has 0 aliphatic carbocycles. The number of nitrogens with one attached hydrogen (secondary N) is 2. The number of anilines is 1. The summed E-state index contributed by atoms with van der Waals surface area (Å²) in [6.07, 6.45) is 0. The monoisotopic (exact) mass is 393 g/mol. The summed E-state index contributed by atoms with van der Waals surface area (Å²) in [6, 6.07) is 14.9. The average molecular weight is 393 g/mol. The van der Waals surface area contributed by atoms with Crippen molar-refractivity contribution in [3.05, 3.63) is 77.0 Å². The first-order chi connectivity index (χ1) is 13.9. The van der Waals surface area contributed by atoms with Gasteiger partial charge in [0.25, 0.3) is 5.91 Å². The van der Waals surface area contributed by atoms with Crippen molar-refractivity contribution in [3.63, 3.8) is 0 Å². The summed E-state index contributed by atoms with van der Waals surface area (Å²) < 4.78 is 5.20. The summed E-state index contributed by atoms with van der Waals surface area (Å²) in [5.74, 6) is -0.729. The van der Waals surface area contributed by atoms with Gasteiger partial charge < -0.3 is 20.3 Å². The molecule has 0 saturated carbocycles. The van der Waals surface area contributed by atoms with Gasteiger partial charge in [-0.3, -0.25) is 4.79 Å². The zero-order chi connectivity index (χ0) is 21.0. The van der Waals surface area contributed by atoms with Gasteiger partial charge in [0, 0.05) is 24.0 Å². The molecule has 0 aromatic heterocycles. The third kappa shape index (κ3) is 4.29. The van der Waals surface area contributed by atoms with Crippen LogP contribution in [0.4, 0.5) is 10.5 Å². The van der Waals surface area contributed by atoms with Crippen LogP contribution in [0.2, 0.25) is 0 Å². The Bertz CT molecular complexity index is 969. The zero-order valence-corrected chi connectivity index (χ0v) is 16.6. The van der Waals surface area contributed by atoms with Crippen molar-refractivity contribution in [2.24, 2.45) is 0 Å². The minimum absolute atomic E-state index is 0.229. The fourth-order valence-electron chi connectivity index (χ4n) is 3.15. The molecule has 150 valence electrons. The molecule has 2 aromatic carbocycles. The van der Waals surface area contributed by atoms with Crippen LogP contribution in [0, 0.1) is 0 Å². The summed E-state index contributed by atoms with van der Waals surface area (Å²) in [7, 11) is 1.59. The van der Waals surface area contributed by atoms with Crippen LogP contribution in [0.15, 0.2) is 65.9 Å². The number of urea groups is 1. The molecule has 1 aliphatic rings. The van der Waals surface area contributed by atoms with Crippen molar-refractivity contribution in [2.75, 3.05) is 19.0 Å². The summed E-state index contributed by atoms with van der Waals surface area (Å²) >= 11 is 0. The molecule has 0 radical (unpaired) electrons. The number of carbonyl (C=O) groups excluding carboxylic acids is 3. The number of hydrogen-bond acceptors (Lipinski definition) is 4. The third-order valence-corrected chi connectivity index (χ3v) is 4.76. The van der Waals surface area contributed by atoms with E-state index in [9.17, 15) is 14.4 Å². The van der Waals surface area contributed by atoms with Crippen molar-refractivity contribution < 1.29 is 19.1 Å². The number of rotatable bonds is 5. The molecule has 3 amide bonds. The Morgan fingerprint density at radius 3 is 2.55 bits per heavy atom. The summed E-state index contributed by atoms with van der Waals surface area (Å²) in [5.41, 5.74) is 2.65. The average Bonchev–Trinajstić information content (AvgIpc) is 2.72. The number of allylic oxidation sites excluding steroid dienone is 1. The molecule has 0 unspecified atom stereocenters. The standard InChI is InChI=1S/C22H23N3O4/c1-4-29-21(27)18-14(2)25(3)22(28)24-19(18)16-11-8-12-17(13-16)23-20(26)15-9-6-5-7-10-15/h5-13,19H,4H2,1-3H3,(H,23,26)(H,24,28)/t19-/m0/s1. The van der Waals surface area contributed by atoms with Crippen LogP contribution in [0.5, 0.6) is 0 Å². The Morgan fingerprint density at radius 2 is 1.86 bits per heavy atom. The van der Waals surface area contributed by atoms with E-state index < -0.39 is 12.0 Å². The van der Waals surface area contributed by atoms with Gasteiger partial charge in [-0.1, -0.05) is 30.3 Å². The summed E-state index contributed by atoms with van der Waals surface area (Å²) in [6.45, 7) is 3.67. The van der Waals surface area contributed by atoms with Crippen LogP contribution in [-0.4, -0.2) is 36.5 Å². The van der Waals surface area contributed by atoms with Crippen molar-refractivity contribution in [1.29, 1.82) is 0 Å².